The number of nitrogens with zero attached hydrogens (tertiary/aromatic N) is 1. The molecular weight excluding hydrogens is 276 g/mol. The molecule has 2 unspecified atom stereocenters. The summed E-state index contributed by atoms with van der Waals surface area (Å²) in [4.78, 5) is 4.15. The summed E-state index contributed by atoms with van der Waals surface area (Å²) in [7, 11) is 0. The third-order valence-corrected chi connectivity index (χ3v) is 5.23. The lowest BCUT2D eigenvalue weighted by Gasteiger charge is -2.30. The van der Waals surface area contributed by atoms with Crippen LogP contribution in [0.25, 0.3) is 0 Å². The monoisotopic (exact) mass is 300 g/mol. The highest BCUT2D eigenvalue weighted by Crippen LogP contribution is 2.21. The average Bonchev–Trinajstić information content (AvgIpc) is 2.89. The second kappa shape index (κ2) is 7.21. The predicted molar refractivity (Wildman–Crippen MR) is 90.9 cm³/mol. The first-order valence-electron chi connectivity index (χ1n) is 7.87. The molecule has 1 aliphatic rings. The van der Waals surface area contributed by atoms with Crippen molar-refractivity contribution in [1.29, 1.82) is 0 Å². The Labute approximate surface area is 131 Å². The SMILES string of the molecule is CC(Cc1cccs1)N1CCCNC(c2ccccc2)C1. The highest BCUT2D eigenvalue weighted by molar-refractivity contribution is 7.09. The van der Waals surface area contributed by atoms with E-state index in [9.17, 15) is 0 Å². The minimum absolute atomic E-state index is 0.458. The third-order valence-electron chi connectivity index (χ3n) is 4.33. The molecular formula is C18H24N2S. The van der Waals surface area contributed by atoms with Crippen molar-refractivity contribution in [2.75, 3.05) is 19.6 Å². The van der Waals surface area contributed by atoms with Gasteiger partial charge in [-0.05, 0) is 49.9 Å². The van der Waals surface area contributed by atoms with Gasteiger partial charge in [-0.2, -0.15) is 0 Å². The summed E-state index contributed by atoms with van der Waals surface area (Å²) in [5.41, 5.74) is 1.41. The number of hydrogen-bond donors (Lipinski definition) is 1. The van der Waals surface area contributed by atoms with Gasteiger partial charge in [-0.1, -0.05) is 36.4 Å². The van der Waals surface area contributed by atoms with E-state index >= 15 is 0 Å². The first-order chi connectivity index (χ1) is 10.3. The lowest BCUT2D eigenvalue weighted by Crippen LogP contribution is -2.38. The topological polar surface area (TPSA) is 15.3 Å². The summed E-state index contributed by atoms with van der Waals surface area (Å²) in [6.07, 6.45) is 2.40. The molecule has 0 radical (unpaired) electrons. The first-order valence-corrected chi connectivity index (χ1v) is 8.75. The van der Waals surface area contributed by atoms with E-state index in [1.54, 1.807) is 0 Å². The predicted octanol–water partition coefficient (Wildman–Crippen LogP) is 3.72. The van der Waals surface area contributed by atoms with Crippen molar-refractivity contribution in [3.8, 4) is 0 Å². The van der Waals surface area contributed by atoms with Crippen LogP contribution in [0.5, 0.6) is 0 Å². The zero-order valence-corrected chi connectivity index (χ0v) is 13.5. The van der Waals surface area contributed by atoms with Gasteiger partial charge in [-0.15, -0.1) is 11.3 Å². The van der Waals surface area contributed by atoms with Gasteiger partial charge in [-0.3, -0.25) is 4.90 Å². The van der Waals surface area contributed by atoms with Crippen molar-refractivity contribution in [3.05, 3.63) is 58.3 Å². The fourth-order valence-electron chi connectivity index (χ4n) is 3.11. The third kappa shape index (κ3) is 3.94. The van der Waals surface area contributed by atoms with E-state index in [1.807, 2.05) is 11.3 Å². The van der Waals surface area contributed by atoms with Gasteiger partial charge in [-0.25, -0.2) is 0 Å². The summed E-state index contributed by atoms with van der Waals surface area (Å²) in [5.74, 6) is 0. The van der Waals surface area contributed by atoms with Gasteiger partial charge in [0.25, 0.3) is 0 Å². The normalized spacial score (nSPS) is 21.9. The molecule has 1 aliphatic heterocycles. The van der Waals surface area contributed by atoms with E-state index in [0.717, 1.165) is 13.1 Å². The summed E-state index contributed by atoms with van der Waals surface area (Å²) in [6, 6.07) is 16.3. The Kier molecular flexibility index (Phi) is 5.07. The molecule has 21 heavy (non-hydrogen) atoms. The lowest BCUT2D eigenvalue weighted by molar-refractivity contribution is 0.205. The van der Waals surface area contributed by atoms with E-state index in [1.165, 1.54) is 29.8 Å². The summed E-state index contributed by atoms with van der Waals surface area (Å²) < 4.78 is 0. The molecule has 112 valence electrons. The Bertz CT molecular complexity index is 523. The van der Waals surface area contributed by atoms with Gasteiger partial charge < -0.3 is 5.32 Å². The van der Waals surface area contributed by atoms with Crippen LogP contribution in [0.3, 0.4) is 0 Å². The van der Waals surface area contributed by atoms with E-state index in [4.69, 9.17) is 0 Å². The summed E-state index contributed by atoms with van der Waals surface area (Å²) in [6.45, 7) is 5.79. The fraction of sp³-hybridized carbons (Fsp3) is 0.444. The number of benzene rings is 1. The zero-order chi connectivity index (χ0) is 14.5. The molecule has 3 rings (SSSR count). The molecule has 1 N–H and O–H groups in total. The van der Waals surface area contributed by atoms with Crippen LogP contribution in [-0.2, 0) is 6.42 Å². The second-order valence-electron chi connectivity index (χ2n) is 5.90. The van der Waals surface area contributed by atoms with E-state index < -0.39 is 0 Å². The number of rotatable bonds is 4. The zero-order valence-electron chi connectivity index (χ0n) is 12.7. The van der Waals surface area contributed by atoms with Crippen LogP contribution in [0.4, 0.5) is 0 Å². The van der Waals surface area contributed by atoms with Crippen molar-refractivity contribution in [3.63, 3.8) is 0 Å². The number of hydrogen-bond acceptors (Lipinski definition) is 3. The Morgan fingerprint density at radius 2 is 2.10 bits per heavy atom. The standard InChI is InChI=1S/C18H24N2S/c1-15(13-17-9-5-12-21-17)20-11-6-10-19-18(14-20)16-7-3-2-4-8-16/h2-5,7-9,12,15,18-19H,6,10-11,13-14H2,1H3. The fourth-order valence-corrected chi connectivity index (χ4v) is 3.93. The van der Waals surface area contributed by atoms with Gasteiger partial charge in [0.1, 0.15) is 0 Å². The molecule has 0 aliphatic carbocycles. The summed E-state index contributed by atoms with van der Waals surface area (Å²) >= 11 is 1.88. The van der Waals surface area contributed by atoms with Crippen LogP contribution >= 0.6 is 11.3 Å². The minimum atomic E-state index is 0.458. The molecule has 2 atom stereocenters. The van der Waals surface area contributed by atoms with Crippen LogP contribution in [0.15, 0.2) is 47.8 Å². The molecule has 1 saturated heterocycles. The lowest BCUT2D eigenvalue weighted by atomic mass is 10.1. The first kappa shape index (κ1) is 14.8. The Hall–Kier alpha value is -1.16. The Morgan fingerprint density at radius 1 is 1.24 bits per heavy atom. The smallest absolute Gasteiger partial charge is 0.0449 e. The van der Waals surface area contributed by atoms with Gasteiger partial charge >= 0.3 is 0 Å². The Morgan fingerprint density at radius 3 is 2.86 bits per heavy atom. The minimum Gasteiger partial charge on any atom is -0.309 e. The van der Waals surface area contributed by atoms with Gasteiger partial charge in [0.05, 0.1) is 0 Å². The van der Waals surface area contributed by atoms with Gasteiger partial charge in [0.15, 0.2) is 0 Å². The summed E-state index contributed by atoms with van der Waals surface area (Å²) in [5, 5.41) is 5.88. The molecule has 0 amide bonds. The maximum Gasteiger partial charge on any atom is 0.0449 e. The molecule has 2 aromatic rings. The van der Waals surface area contributed by atoms with Crippen LogP contribution in [-0.4, -0.2) is 30.6 Å². The molecule has 0 saturated carbocycles. The molecule has 1 aromatic carbocycles. The number of nitrogens with one attached hydrogen (secondary N) is 1. The largest absolute Gasteiger partial charge is 0.309 e. The van der Waals surface area contributed by atoms with Crippen LogP contribution in [0.1, 0.15) is 29.8 Å². The molecule has 1 fully saturated rings. The quantitative estimate of drug-likeness (QED) is 0.926. The second-order valence-corrected chi connectivity index (χ2v) is 6.93. The van der Waals surface area contributed by atoms with Crippen LogP contribution in [0, 0.1) is 0 Å². The van der Waals surface area contributed by atoms with Gasteiger partial charge in [0, 0.05) is 23.5 Å². The van der Waals surface area contributed by atoms with Crippen molar-refractivity contribution in [2.24, 2.45) is 0 Å². The molecule has 0 bridgehead atoms. The average molecular weight is 300 g/mol. The Balaban J connectivity index is 1.67. The van der Waals surface area contributed by atoms with Crippen LogP contribution < -0.4 is 5.32 Å². The van der Waals surface area contributed by atoms with E-state index in [2.05, 4.69) is 65.0 Å². The van der Waals surface area contributed by atoms with Gasteiger partial charge in [0.2, 0.25) is 0 Å². The maximum atomic E-state index is 3.70. The molecule has 2 nitrogen and oxygen atoms in total. The molecule has 1 aromatic heterocycles. The van der Waals surface area contributed by atoms with Crippen molar-refractivity contribution < 1.29 is 0 Å². The van der Waals surface area contributed by atoms with E-state index in [0.29, 0.717) is 12.1 Å². The maximum absolute atomic E-state index is 3.70. The highest BCUT2D eigenvalue weighted by Gasteiger charge is 2.22. The molecule has 2 heterocycles. The molecule has 3 heteroatoms. The molecule has 0 spiro atoms. The van der Waals surface area contributed by atoms with Crippen molar-refractivity contribution in [2.45, 2.75) is 31.8 Å². The van der Waals surface area contributed by atoms with Crippen molar-refractivity contribution >= 4 is 11.3 Å². The van der Waals surface area contributed by atoms with Crippen molar-refractivity contribution in [1.82, 2.24) is 10.2 Å². The van der Waals surface area contributed by atoms with E-state index in [-0.39, 0.29) is 0 Å². The van der Waals surface area contributed by atoms with Crippen LogP contribution in [0.2, 0.25) is 0 Å². The number of thiophene rings is 1. The highest BCUT2D eigenvalue weighted by atomic mass is 32.1.